The molecule has 3 aliphatic heterocycles. The molecule has 0 amide bonds. The molecule has 7 aliphatic rings. The van der Waals surface area contributed by atoms with Crippen molar-refractivity contribution in [2.75, 3.05) is 9.80 Å². The molecule has 0 N–H and O–H groups in total. The average molecular weight is 999 g/mol. The maximum absolute atomic E-state index is 7.94. The third-order valence-corrected chi connectivity index (χ3v) is 21.0. The van der Waals surface area contributed by atoms with Gasteiger partial charge in [-0.3, -0.25) is 0 Å². The van der Waals surface area contributed by atoms with Gasteiger partial charge in [0.1, 0.15) is 11.8 Å². The number of fused-ring (bicyclic) bond motifs is 12. The van der Waals surface area contributed by atoms with Crippen molar-refractivity contribution < 1.29 is 4.74 Å². The quantitative estimate of drug-likeness (QED) is 0.164. The maximum atomic E-state index is 7.94. The summed E-state index contributed by atoms with van der Waals surface area (Å²) in [5, 5.41) is 5.36. The van der Waals surface area contributed by atoms with Crippen molar-refractivity contribution in [3.8, 4) is 16.9 Å². The van der Waals surface area contributed by atoms with E-state index in [-0.39, 0.29) is 51.2 Å². The zero-order chi connectivity index (χ0) is 53.0. The number of hydrogen-bond donors (Lipinski definition) is 0. The van der Waals surface area contributed by atoms with Crippen LogP contribution < -0.4 is 35.9 Å². The van der Waals surface area contributed by atoms with Gasteiger partial charge in [-0.2, -0.15) is 0 Å². The molecule has 7 aromatic rings. The highest BCUT2D eigenvalue weighted by molar-refractivity contribution is 6.91. The molecule has 0 bridgehead atoms. The van der Waals surface area contributed by atoms with Crippen LogP contribution in [0.25, 0.3) is 34.1 Å². The summed E-state index contributed by atoms with van der Waals surface area (Å²) in [4.78, 5) is 5.54. The normalized spacial score (nSPS) is 23.8. The van der Waals surface area contributed by atoms with E-state index in [1.165, 1.54) is 135 Å². The van der Waals surface area contributed by atoms with Crippen LogP contribution in [0.1, 0.15) is 186 Å². The monoisotopic (exact) mass is 999 g/mol. The Kier molecular flexibility index (Phi) is 10.1. The number of ether oxygens (including phenoxy) is 1. The Morgan fingerprint density at radius 3 is 1.74 bits per heavy atom. The Morgan fingerprint density at radius 2 is 1.09 bits per heavy atom. The average Bonchev–Trinajstić information content (AvgIpc) is 3.81. The number of rotatable bonds is 3. The van der Waals surface area contributed by atoms with Crippen LogP contribution in [0.2, 0.25) is 0 Å². The van der Waals surface area contributed by atoms with Gasteiger partial charge in [0.05, 0.1) is 11.7 Å². The Morgan fingerprint density at radius 1 is 0.539 bits per heavy atom. The predicted octanol–water partition coefficient (Wildman–Crippen LogP) is 16.0. The van der Waals surface area contributed by atoms with Gasteiger partial charge >= 0.3 is 0 Å². The first-order valence-corrected chi connectivity index (χ1v) is 29.2. The molecule has 14 rings (SSSR count). The van der Waals surface area contributed by atoms with Gasteiger partial charge < -0.3 is 14.5 Å². The molecule has 3 heterocycles. The maximum Gasteiger partial charge on any atom is 0.267 e. The fourth-order valence-corrected chi connectivity index (χ4v) is 15.9. The van der Waals surface area contributed by atoms with Crippen molar-refractivity contribution in [3.63, 3.8) is 0 Å². The summed E-state index contributed by atoms with van der Waals surface area (Å²) in [5.74, 6) is 1.60. The summed E-state index contributed by atoms with van der Waals surface area (Å²) in [6.07, 6.45) is 13.0. The van der Waals surface area contributed by atoms with Gasteiger partial charge in [0, 0.05) is 33.9 Å². The highest BCUT2D eigenvalue weighted by atomic mass is 16.5. The second-order valence-corrected chi connectivity index (χ2v) is 29.0. The Bertz CT molecular complexity index is 3790. The number of nitrogens with zero attached hydrogens (tertiary/aromatic N) is 2. The van der Waals surface area contributed by atoms with Gasteiger partial charge in [-0.25, -0.2) is 0 Å². The summed E-state index contributed by atoms with van der Waals surface area (Å²) in [5.41, 5.74) is 23.5. The van der Waals surface area contributed by atoms with Crippen LogP contribution in [0.15, 0.2) is 109 Å². The molecule has 3 nitrogen and oxygen atoms in total. The first kappa shape index (κ1) is 48.4. The van der Waals surface area contributed by atoms with Crippen molar-refractivity contribution >= 4 is 69.0 Å². The van der Waals surface area contributed by atoms with Crippen LogP contribution in [0, 0.1) is 12.8 Å². The van der Waals surface area contributed by atoms with Crippen LogP contribution in [0.4, 0.5) is 28.4 Å². The van der Waals surface area contributed by atoms with E-state index in [1.54, 1.807) is 0 Å². The number of benzene rings is 7. The largest absolute Gasteiger partial charge is 0.495 e. The van der Waals surface area contributed by atoms with Crippen molar-refractivity contribution in [3.05, 3.63) is 164 Å². The van der Waals surface area contributed by atoms with Gasteiger partial charge in [0.2, 0.25) is 0 Å². The van der Waals surface area contributed by atoms with Crippen LogP contribution in [0.3, 0.4) is 0 Å². The molecule has 3 unspecified atom stereocenters. The number of anilines is 5. The molecule has 0 fully saturated rings. The van der Waals surface area contributed by atoms with Crippen molar-refractivity contribution in [1.29, 1.82) is 0 Å². The van der Waals surface area contributed by atoms with E-state index < -0.39 is 0 Å². The Hall–Kier alpha value is -6.00. The van der Waals surface area contributed by atoms with Gasteiger partial charge in [-0.15, -0.1) is 0 Å². The molecule has 76 heavy (non-hydrogen) atoms. The van der Waals surface area contributed by atoms with Crippen LogP contribution in [-0.4, -0.2) is 12.7 Å². The third kappa shape index (κ3) is 6.92. The van der Waals surface area contributed by atoms with Gasteiger partial charge in [0.15, 0.2) is 0 Å². The van der Waals surface area contributed by atoms with Crippen molar-refractivity contribution in [2.24, 2.45) is 5.92 Å². The molecular formula is C72H79BN2O. The van der Waals surface area contributed by atoms with Crippen LogP contribution in [-0.2, 0) is 32.5 Å². The summed E-state index contributed by atoms with van der Waals surface area (Å²) in [6, 6.07) is 44.0. The molecule has 0 saturated heterocycles. The molecule has 0 radical (unpaired) electrons. The summed E-state index contributed by atoms with van der Waals surface area (Å²) >= 11 is 0. The fraction of sp³-hybridized carbons (Fsp3) is 0.417. The minimum Gasteiger partial charge on any atom is -0.495 e. The topological polar surface area (TPSA) is 15.7 Å². The molecule has 4 heteroatoms. The summed E-state index contributed by atoms with van der Waals surface area (Å²) < 4.78 is 7.94. The third-order valence-electron chi connectivity index (χ3n) is 21.0. The zero-order valence-electron chi connectivity index (χ0n) is 48.1. The standard InChI is InChI=1S/C72H79BN2O/c1-42-20-25-48-46(32-42)22-21-45-23-24-47(35-49(45)48)74-61-33-43(2)34-62-64(61)73(66-65(74)51-37-53-57(41-63(51)76-66)72(13,14)31-27-68(53,5)6)58-38-54-56(71(11,12)30-28-69(54,7)8)40-60(58)75(62)59-39-55-52(67(3,4)26-29-70(55,9)10)36-50(59)44-18-16-15-17-19-44/h15-19,21-25,32-42,65-66H,20,26-31H2,1-14H3. The first-order chi connectivity index (χ1) is 35.9. The van der Waals surface area contributed by atoms with E-state index in [1.807, 2.05) is 0 Å². The molecule has 0 aromatic heterocycles. The summed E-state index contributed by atoms with van der Waals surface area (Å²) in [7, 11) is 0. The highest BCUT2D eigenvalue weighted by Crippen LogP contribution is 2.59. The lowest BCUT2D eigenvalue weighted by molar-refractivity contribution is 0.280. The first-order valence-electron chi connectivity index (χ1n) is 29.2. The molecular weight excluding hydrogens is 920 g/mol. The predicted molar refractivity (Wildman–Crippen MR) is 324 cm³/mol. The lowest BCUT2D eigenvalue weighted by atomic mass is 9.32. The van der Waals surface area contributed by atoms with E-state index in [4.69, 9.17) is 4.74 Å². The number of hydrogen-bond acceptors (Lipinski definition) is 3. The zero-order valence-corrected chi connectivity index (χ0v) is 48.1. The lowest BCUT2D eigenvalue weighted by Crippen LogP contribution is -2.65. The molecule has 4 aliphatic carbocycles. The number of aryl methyl sites for hydroxylation is 1. The molecule has 3 atom stereocenters. The molecule has 0 saturated carbocycles. The van der Waals surface area contributed by atoms with Crippen molar-refractivity contribution in [1.82, 2.24) is 0 Å². The van der Waals surface area contributed by atoms with Crippen LogP contribution >= 0.6 is 0 Å². The van der Waals surface area contributed by atoms with E-state index >= 15 is 0 Å². The summed E-state index contributed by atoms with van der Waals surface area (Å²) in [6.45, 7) is 34.5. The second-order valence-electron chi connectivity index (χ2n) is 29.0. The van der Waals surface area contributed by atoms with E-state index in [0.29, 0.717) is 5.92 Å². The Labute approximate surface area is 454 Å². The molecule has 7 aromatic carbocycles. The second kappa shape index (κ2) is 15.8. The van der Waals surface area contributed by atoms with E-state index in [9.17, 15) is 0 Å². The van der Waals surface area contributed by atoms with Gasteiger partial charge in [-0.1, -0.05) is 157 Å². The SMILES string of the molecule is Cc1cc2c3c(c1)N(c1ccc4ccc5c(c4c1)=CCC(C)C=5)C1c4cc5c(cc4OC1B3c1cc3c(cc1N2c1cc2c(cc1-c1ccccc1)C(C)(C)CCC2(C)C)C(C)(C)CCC3(C)C)C(C)(C)CCC5(C)C. The molecule has 0 spiro atoms. The van der Waals surface area contributed by atoms with E-state index in [0.717, 1.165) is 31.4 Å². The Balaban J connectivity index is 1.11. The van der Waals surface area contributed by atoms with Gasteiger partial charge in [0.25, 0.3) is 6.71 Å². The highest BCUT2D eigenvalue weighted by Gasteiger charge is 2.57. The smallest absolute Gasteiger partial charge is 0.267 e. The minimum atomic E-state index is -0.185. The van der Waals surface area contributed by atoms with E-state index in [2.05, 4.69) is 228 Å². The van der Waals surface area contributed by atoms with Crippen molar-refractivity contribution in [2.45, 2.75) is 186 Å². The minimum absolute atomic E-state index is 0.0148. The van der Waals surface area contributed by atoms with Crippen LogP contribution in [0.5, 0.6) is 5.75 Å². The lowest BCUT2D eigenvalue weighted by Gasteiger charge is -2.50. The van der Waals surface area contributed by atoms with Gasteiger partial charge in [-0.05, 0) is 222 Å². The fourth-order valence-electron chi connectivity index (χ4n) is 15.9. The molecule has 386 valence electrons.